The Balaban J connectivity index is 1.88. The van der Waals surface area contributed by atoms with E-state index in [1.807, 2.05) is 24.3 Å². The lowest BCUT2D eigenvalue weighted by Gasteiger charge is -2.15. The lowest BCUT2D eigenvalue weighted by molar-refractivity contribution is -0.138. The molecule has 5 heteroatoms. The summed E-state index contributed by atoms with van der Waals surface area (Å²) in [7, 11) is 0. The highest BCUT2D eigenvalue weighted by molar-refractivity contribution is 6.01. The lowest BCUT2D eigenvalue weighted by atomic mass is 10.2. The first-order valence-electron chi connectivity index (χ1n) is 5.96. The molecule has 2 rings (SSSR count). The number of para-hydroxylation sites is 1. The predicted molar refractivity (Wildman–Crippen MR) is 65.8 cm³/mol. The van der Waals surface area contributed by atoms with Gasteiger partial charge in [-0.25, -0.2) is 0 Å². The Bertz CT molecular complexity index is 443. The Hall–Kier alpha value is -1.88. The highest BCUT2D eigenvalue weighted by Crippen LogP contribution is 2.17. The maximum Gasteiger partial charge on any atom is 0.229 e. The molecule has 1 aliphatic rings. The van der Waals surface area contributed by atoms with Crippen molar-refractivity contribution in [1.29, 1.82) is 0 Å². The predicted octanol–water partition coefficient (Wildman–Crippen LogP) is 0.673. The van der Waals surface area contributed by atoms with Crippen LogP contribution in [0.15, 0.2) is 24.3 Å². The zero-order valence-corrected chi connectivity index (χ0v) is 10.1. The molecular formula is C13H16N2O3. The van der Waals surface area contributed by atoms with Gasteiger partial charge < -0.3 is 10.5 Å². The van der Waals surface area contributed by atoms with E-state index in [1.54, 1.807) is 0 Å². The fourth-order valence-electron chi connectivity index (χ4n) is 1.93. The van der Waals surface area contributed by atoms with E-state index in [0.29, 0.717) is 38.3 Å². The number of hydrogen-bond donors (Lipinski definition) is 1. The van der Waals surface area contributed by atoms with E-state index >= 15 is 0 Å². The quantitative estimate of drug-likeness (QED) is 0.777. The molecule has 2 amide bonds. The zero-order chi connectivity index (χ0) is 13.0. The van der Waals surface area contributed by atoms with Crippen LogP contribution in [0.5, 0.6) is 5.75 Å². The van der Waals surface area contributed by atoms with Gasteiger partial charge in [0.2, 0.25) is 11.8 Å². The Morgan fingerprint density at radius 2 is 1.83 bits per heavy atom. The molecular weight excluding hydrogens is 232 g/mol. The summed E-state index contributed by atoms with van der Waals surface area (Å²) in [5.41, 5.74) is 6.50. The van der Waals surface area contributed by atoms with E-state index in [-0.39, 0.29) is 11.8 Å². The number of nitrogens with two attached hydrogens (primary N) is 1. The van der Waals surface area contributed by atoms with Crippen LogP contribution < -0.4 is 10.5 Å². The number of benzene rings is 1. The zero-order valence-electron chi connectivity index (χ0n) is 10.1. The van der Waals surface area contributed by atoms with Crippen molar-refractivity contribution in [3.63, 3.8) is 0 Å². The minimum Gasteiger partial charge on any atom is -0.491 e. The van der Waals surface area contributed by atoms with Gasteiger partial charge in [0.25, 0.3) is 0 Å². The van der Waals surface area contributed by atoms with E-state index < -0.39 is 0 Å². The average molecular weight is 248 g/mol. The number of amides is 2. The van der Waals surface area contributed by atoms with Crippen molar-refractivity contribution in [2.24, 2.45) is 5.73 Å². The van der Waals surface area contributed by atoms with Crippen LogP contribution >= 0.6 is 0 Å². The van der Waals surface area contributed by atoms with Crippen LogP contribution in [-0.2, 0) is 16.1 Å². The Morgan fingerprint density at radius 1 is 1.17 bits per heavy atom. The summed E-state index contributed by atoms with van der Waals surface area (Å²) in [6, 6.07) is 7.47. The Kier molecular flexibility index (Phi) is 3.94. The first-order valence-corrected chi connectivity index (χ1v) is 5.96. The summed E-state index contributed by atoms with van der Waals surface area (Å²) in [6.45, 7) is 1.00. The molecule has 0 saturated carbocycles. The fraction of sp³-hybridized carbons (Fsp3) is 0.385. The molecule has 0 radical (unpaired) electrons. The molecule has 1 heterocycles. The van der Waals surface area contributed by atoms with Gasteiger partial charge >= 0.3 is 0 Å². The monoisotopic (exact) mass is 248 g/mol. The smallest absolute Gasteiger partial charge is 0.229 e. The number of carbonyl (C=O) groups excluding carboxylic acids is 2. The lowest BCUT2D eigenvalue weighted by Crippen LogP contribution is -2.33. The number of imide groups is 1. The molecule has 5 nitrogen and oxygen atoms in total. The fourth-order valence-corrected chi connectivity index (χ4v) is 1.93. The van der Waals surface area contributed by atoms with Crippen LogP contribution in [0.1, 0.15) is 18.4 Å². The maximum absolute atomic E-state index is 11.4. The van der Waals surface area contributed by atoms with Crippen molar-refractivity contribution in [3.8, 4) is 5.75 Å². The van der Waals surface area contributed by atoms with E-state index in [9.17, 15) is 9.59 Å². The third kappa shape index (κ3) is 2.68. The SMILES string of the molecule is NCc1ccccc1OCCN1C(=O)CCC1=O. The standard InChI is InChI=1S/C13H16N2O3/c14-9-10-3-1-2-4-11(10)18-8-7-15-12(16)5-6-13(15)17/h1-4H,5-9,14H2. The van der Waals surface area contributed by atoms with E-state index in [1.165, 1.54) is 4.90 Å². The Morgan fingerprint density at radius 3 is 2.50 bits per heavy atom. The molecule has 1 fully saturated rings. The van der Waals surface area contributed by atoms with E-state index in [0.717, 1.165) is 5.56 Å². The molecule has 0 bridgehead atoms. The molecule has 1 aliphatic heterocycles. The second kappa shape index (κ2) is 5.64. The van der Waals surface area contributed by atoms with Gasteiger partial charge in [-0.3, -0.25) is 14.5 Å². The van der Waals surface area contributed by atoms with Crippen LogP contribution in [0, 0.1) is 0 Å². The molecule has 18 heavy (non-hydrogen) atoms. The van der Waals surface area contributed by atoms with Gasteiger partial charge in [-0.2, -0.15) is 0 Å². The summed E-state index contributed by atoms with van der Waals surface area (Å²) in [5.74, 6) is 0.477. The molecule has 0 aliphatic carbocycles. The largest absolute Gasteiger partial charge is 0.491 e. The molecule has 1 saturated heterocycles. The number of nitrogens with zero attached hydrogens (tertiary/aromatic N) is 1. The number of carbonyl (C=O) groups is 2. The van der Waals surface area contributed by atoms with Crippen molar-refractivity contribution in [2.45, 2.75) is 19.4 Å². The van der Waals surface area contributed by atoms with E-state index in [2.05, 4.69) is 0 Å². The second-order valence-electron chi connectivity index (χ2n) is 4.10. The first-order chi connectivity index (χ1) is 8.72. The number of rotatable bonds is 5. The summed E-state index contributed by atoms with van der Waals surface area (Å²) in [5, 5.41) is 0. The first kappa shape index (κ1) is 12.6. The number of ether oxygens (including phenoxy) is 1. The van der Waals surface area contributed by atoms with Gasteiger partial charge in [0.15, 0.2) is 0 Å². The van der Waals surface area contributed by atoms with Crippen LogP contribution in [0.3, 0.4) is 0 Å². The topological polar surface area (TPSA) is 72.6 Å². The summed E-state index contributed by atoms with van der Waals surface area (Å²) < 4.78 is 5.56. The van der Waals surface area contributed by atoms with Crippen LogP contribution in [0.4, 0.5) is 0 Å². The van der Waals surface area contributed by atoms with Gasteiger partial charge in [-0.15, -0.1) is 0 Å². The maximum atomic E-state index is 11.4. The number of hydrogen-bond acceptors (Lipinski definition) is 4. The van der Waals surface area contributed by atoms with Crippen molar-refractivity contribution in [3.05, 3.63) is 29.8 Å². The number of likely N-dealkylation sites (tertiary alicyclic amines) is 1. The highest BCUT2D eigenvalue weighted by atomic mass is 16.5. The van der Waals surface area contributed by atoms with Crippen molar-refractivity contribution >= 4 is 11.8 Å². The van der Waals surface area contributed by atoms with Crippen LogP contribution in [0.25, 0.3) is 0 Å². The third-order valence-corrected chi connectivity index (χ3v) is 2.92. The normalized spacial score (nSPS) is 15.3. The Labute approximate surface area is 106 Å². The second-order valence-corrected chi connectivity index (χ2v) is 4.10. The highest BCUT2D eigenvalue weighted by Gasteiger charge is 2.28. The van der Waals surface area contributed by atoms with Gasteiger partial charge in [0, 0.05) is 24.9 Å². The van der Waals surface area contributed by atoms with Crippen molar-refractivity contribution in [2.75, 3.05) is 13.2 Å². The summed E-state index contributed by atoms with van der Waals surface area (Å²) >= 11 is 0. The van der Waals surface area contributed by atoms with Crippen LogP contribution in [-0.4, -0.2) is 29.9 Å². The van der Waals surface area contributed by atoms with Gasteiger partial charge in [-0.1, -0.05) is 18.2 Å². The van der Waals surface area contributed by atoms with E-state index in [4.69, 9.17) is 10.5 Å². The van der Waals surface area contributed by atoms with Gasteiger partial charge in [0.1, 0.15) is 12.4 Å². The van der Waals surface area contributed by atoms with Gasteiger partial charge in [0.05, 0.1) is 6.54 Å². The third-order valence-electron chi connectivity index (χ3n) is 2.92. The minimum atomic E-state index is -0.115. The average Bonchev–Trinajstić information content (AvgIpc) is 2.71. The minimum absolute atomic E-state index is 0.115. The molecule has 0 unspecified atom stereocenters. The van der Waals surface area contributed by atoms with Crippen molar-refractivity contribution < 1.29 is 14.3 Å². The molecule has 1 aromatic rings. The van der Waals surface area contributed by atoms with Crippen molar-refractivity contribution in [1.82, 2.24) is 4.90 Å². The molecule has 0 atom stereocenters. The molecule has 1 aromatic carbocycles. The summed E-state index contributed by atoms with van der Waals surface area (Å²) in [4.78, 5) is 24.0. The van der Waals surface area contributed by atoms with Gasteiger partial charge in [-0.05, 0) is 6.07 Å². The molecule has 0 spiro atoms. The van der Waals surface area contributed by atoms with Crippen LogP contribution in [0.2, 0.25) is 0 Å². The molecule has 2 N–H and O–H groups in total. The molecule has 96 valence electrons. The summed E-state index contributed by atoms with van der Waals surface area (Å²) in [6.07, 6.45) is 0.635. The molecule has 0 aromatic heterocycles.